The summed E-state index contributed by atoms with van der Waals surface area (Å²) in [6, 6.07) is 12.7. The lowest BCUT2D eigenvalue weighted by Crippen LogP contribution is -1.87. The third-order valence-corrected chi connectivity index (χ3v) is 1.89. The van der Waals surface area contributed by atoms with E-state index in [0.29, 0.717) is 17.1 Å². The highest BCUT2D eigenvalue weighted by molar-refractivity contribution is 5.44. The third kappa shape index (κ3) is 2.12. The molecular weight excluding hydrogens is 188 g/mol. The monoisotopic (exact) mass is 196 g/mol. The van der Waals surface area contributed by atoms with Crippen LogP contribution in [0.5, 0.6) is 11.5 Å². The van der Waals surface area contributed by atoms with E-state index >= 15 is 0 Å². The van der Waals surface area contributed by atoms with Gasteiger partial charge in [-0.1, -0.05) is 12.1 Å². The van der Waals surface area contributed by atoms with E-state index in [0.717, 1.165) is 0 Å². The van der Waals surface area contributed by atoms with Gasteiger partial charge in [-0.15, -0.1) is 0 Å². The summed E-state index contributed by atoms with van der Waals surface area (Å²) in [7, 11) is 0. The first-order valence-corrected chi connectivity index (χ1v) is 4.47. The molecule has 0 saturated heterocycles. The molecule has 0 spiro atoms. The Labute approximate surface area is 87.6 Å². The van der Waals surface area contributed by atoms with E-state index in [-0.39, 0.29) is 0 Å². The maximum Gasteiger partial charge on any atom is 0.145 e. The van der Waals surface area contributed by atoms with Crippen molar-refractivity contribution in [1.29, 1.82) is 5.26 Å². The summed E-state index contributed by atoms with van der Waals surface area (Å²) < 4.78 is 5.54. The molecule has 0 N–H and O–H groups in total. The number of benzene rings is 1. The lowest BCUT2D eigenvalue weighted by molar-refractivity contribution is 0.480. The molecule has 1 aromatic carbocycles. The van der Waals surface area contributed by atoms with E-state index < -0.39 is 0 Å². The van der Waals surface area contributed by atoms with Gasteiger partial charge in [0.15, 0.2) is 0 Å². The lowest BCUT2D eigenvalue weighted by atomic mass is 10.2. The minimum Gasteiger partial charge on any atom is -0.456 e. The molecule has 0 aliphatic heterocycles. The van der Waals surface area contributed by atoms with Crippen LogP contribution in [0.4, 0.5) is 0 Å². The first-order valence-electron chi connectivity index (χ1n) is 4.47. The van der Waals surface area contributed by atoms with Crippen LogP contribution in [-0.4, -0.2) is 4.98 Å². The summed E-state index contributed by atoms with van der Waals surface area (Å²) in [5.41, 5.74) is 0.523. The first kappa shape index (κ1) is 9.22. The minimum atomic E-state index is 0.523. The highest BCUT2D eigenvalue weighted by Crippen LogP contribution is 2.23. The van der Waals surface area contributed by atoms with Crippen molar-refractivity contribution in [3.05, 3.63) is 54.4 Å². The quantitative estimate of drug-likeness (QED) is 0.741. The molecule has 0 atom stereocenters. The van der Waals surface area contributed by atoms with Crippen molar-refractivity contribution >= 4 is 0 Å². The summed E-state index contributed by atoms with van der Waals surface area (Å²) in [6.45, 7) is 0. The molecule has 2 rings (SSSR count). The molecule has 3 heteroatoms. The second-order valence-electron chi connectivity index (χ2n) is 2.89. The number of para-hydroxylation sites is 1. The van der Waals surface area contributed by atoms with Crippen molar-refractivity contribution in [2.75, 3.05) is 0 Å². The van der Waals surface area contributed by atoms with Gasteiger partial charge in [0.1, 0.15) is 17.6 Å². The highest BCUT2D eigenvalue weighted by atomic mass is 16.5. The number of hydrogen-bond acceptors (Lipinski definition) is 3. The molecule has 1 aromatic heterocycles. The predicted octanol–water partition coefficient (Wildman–Crippen LogP) is 2.75. The zero-order valence-corrected chi connectivity index (χ0v) is 7.92. The highest BCUT2D eigenvalue weighted by Gasteiger charge is 2.02. The molecule has 72 valence electrons. The predicted molar refractivity (Wildman–Crippen MR) is 55.5 cm³/mol. The molecule has 0 aliphatic rings. The van der Waals surface area contributed by atoms with Gasteiger partial charge in [-0.3, -0.25) is 4.98 Å². The number of pyridine rings is 1. The lowest BCUT2D eigenvalue weighted by Gasteiger charge is -2.05. The minimum absolute atomic E-state index is 0.523. The topological polar surface area (TPSA) is 45.9 Å². The summed E-state index contributed by atoms with van der Waals surface area (Å²) in [5.74, 6) is 1.24. The van der Waals surface area contributed by atoms with Crippen LogP contribution in [0.1, 0.15) is 5.56 Å². The number of hydrogen-bond donors (Lipinski definition) is 0. The van der Waals surface area contributed by atoms with Crippen LogP contribution in [0.25, 0.3) is 0 Å². The Morgan fingerprint density at radius 2 is 1.80 bits per heavy atom. The Hall–Kier alpha value is -2.34. The molecule has 3 nitrogen and oxygen atoms in total. The number of rotatable bonds is 2. The molecule has 1 heterocycles. The Morgan fingerprint density at radius 3 is 2.53 bits per heavy atom. The van der Waals surface area contributed by atoms with Crippen LogP contribution >= 0.6 is 0 Å². The van der Waals surface area contributed by atoms with Crippen LogP contribution in [0, 0.1) is 11.3 Å². The Kier molecular flexibility index (Phi) is 2.61. The van der Waals surface area contributed by atoms with Crippen LogP contribution in [0.15, 0.2) is 48.8 Å². The Balaban J connectivity index is 2.29. The van der Waals surface area contributed by atoms with E-state index in [4.69, 9.17) is 10.00 Å². The SMILES string of the molecule is N#Cc1ccccc1Oc1ccncc1. The summed E-state index contributed by atoms with van der Waals surface area (Å²) in [6.07, 6.45) is 3.29. The van der Waals surface area contributed by atoms with Crippen LogP contribution in [0.3, 0.4) is 0 Å². The Bertz CT molecular complexity index is 488. The smallest absolute Gasteiger partial charge is 0.145 e. The molecule has 0 radical (unpaired) electrons. The number of aromatic nitrogens is 1. The number of nitrogens with zero attached hydrogens (tertiary/aromatic N) is 2. The second-order valence-corrected chi connectivity index (χ2v) is 2.89. The summed E-state index contributed by atoms with van der Waals surface area (Å²) in [5, 5.41) is 8.85. The fraction of sp³-hybridized carbons (Fsp3) is 0. The molecule has 0 bridgehead atoms. The van der Waals surface area contributed by atoms with E-state index in [9.17, 15) is 0 Å². The normalized spacial score (nSPS) is 9.27. The standard InChI is InChI=1S/C12H8N2O/c13-9-10-3-1-2-4-12(10)15-11-5-7-14-8-6-11/h1-8H. The van der Waals surface area contributed by atoms with Gasteiger partial charge in [0.05, 0.1) is 5.56 Å². The average molecular weight is 196 g/mol. The fourth-order valence-corrected chi connectivity index (χ4v) is 1.18. The van der Waals surface area contributed by atoms with Gasteiger partial charge in [0.2, 0.25) is 0 Å². The van der Waals surface area contributed by atoms with Crippen molar-refractivity contribution < 1.29 is 4.74 Å². The zero-order valence-electron chi connectivity index (χ0n) is 7.92. The molecule has 0 amide bonds. The number of ether oxygens (including phenoxy) is 1. The van der Waals surface area contributed by atoms with E-state index in [1.54, 1.807) is 42.7 Å². The van der Waals surface area contributed by atoms with Crippen molar-refractivity contribution in [3.8, 4) is 17.6 Å². The van der Waals surface area contributed by atoms with Gasteiger partial charge in [-0.2, -0.15) is 5.26 Å². The molecule has 0 fully saturated rings. The van der Waals surface area contributed by atoms with Crippen molar-refractivity contribution in [2.45, 2.75) is 0 Å². The fourth-order valence-electron chi connectivity index (χ4n) is 1.18. The van der Waals surface area contributed by atoms with E-state index in [2.05, 4.69) is 11.1 Å². The maximum atomic E-state index is 8.85. The molecule has 0 unspecified atom stereocenters. The molecule has 15 heavy (non-hydrogen) atoms. The molecular formula is C12H8N2O. The number of nitriles is 1. The van der Waals surface area contributed by atoms with Gasteiger partial charge in [-0.25, -0.2) is 0 Å². The largest absolute Gasteiger partial charge is 0.456 e. The van der Waals surface area contributed by atoms with Gasteiger partial charge < -0.3 is 4.74 Å². The van der Waals surface area contributed by atoms with Crippen molar-refractivity contribution in [2.24, 2.45) is 0 Å². The zero-order chi connectivity index (χ0) is 10.5. The second kappa shape index (κ2) is 4.25. The summed E-state index contributed by atoms with van der Waals surface area (Å²) >= 11 is 0. The average Bonchev–Trinajstić information content (AvgIpc) is 2.31. The van der Waals surface area contributed by atoms with Gasteiger partial charge in [0, 0.05) is 12.4 Å². The Morgan fingerprint density at radius 1 is 1.07 bits per heavy atom. The summed E-state index contributed by atoms with van der Waals surface area (Å²) in [4.78, 5) is 3.88. The maximum absolute atomic E-state index is 8.85. The van der Waals surface area contributed by atoms with Gasteiger partial charge >= 0.3 is 0 Å². The van der Waals surface area contributed by atoms with Crippen molar-refractivity contribution in [3.63, 3.8) is 0 Å². The van der Waals surface area contributed by atoms with E-state index in [1.807, 2.05) is 6.07 Å². The van der Waals surface area contributed by atoms with Crippen molar-refractivity contribution in [1.82, 2.24) is 4.98 Å². The third-order valence-electron chi connectivity index (χ3n) is 1.89. The molecule has 2 aromatic rings. The van der Waals surface area contributed by atoms with Gasteiger partial charge in [-0.05, 0) is 24.3 Å². The first-order chi connectivity index (χ1) is 7.40. The molecule has 0 aliphatic carbocycles. The van der Waals surface area contributed by atoms with E-state index in [1.165, 1.54) is 0 Å². The van der Waals surface area contributed by atoms with Crippen LogP contribution in [-0.2, 0) is 0 Å². The van der Waals surface area contributed by atoms with Gasteiger partial charge in [0.25, 0.3) is 0 Å². The van der Waals surface area contributed by atoms with Crippen LogP contribution < -0.4 is 4.74 Å². The van der Waals surface area contributed by atoms with Crippen LogP contribution in [0.2, 0.25) is 0 Å². The molecule has 0 saturated carbocycles.